The average Bonchev–Trinajstić information content (AvgIpc) is 2.38. The number of ketones is 1. The van der Waals surface area contributed by atoms with Gasteiger partial charge in [0.15, 0.2) is 5.78 Å². The van der Waals surface area contributed by atoms with Crippen molar-refractivity contribution in [1.82, 2.24) is 0 Å². The summed E-state index contributed by atoms with van der Waals surface area (Å²) in [5.41, 5.74) is 2.23. The lowest BCUT2D eigenvalue weighted by Crippen LogP contribution is -2.20. The summed E-state index contributed by atoms with van der Waals surface area (Å²) in [4.78, 5) is 12.0. The second kappa shape index (κ2) is 4.57. The zero-order valence-electron chi connectivity index (χ0n) is 10.2. The van der Waals surface area contributed by atoms with Crippen molar-refractivity contribution in [3.8, 4) is 0 Å². The first-order valence-corrected chi connectivity index (χ1v) is 6.21. The van der Waals surface area contributed by atoms with Gasteiger partial charge in [0.1, 0.15) is 11.6 Å². The zero-order valence-corrected chi connectivity index (χ0v) is 10.2. The Morgan fingerprint density at radius 1 is 1.16 bits per heavy atom. The largest absolute Gasteiger partial charge is 0.294 e. The van der Waals surface area contributed by atoms with Crippen LogP contribution in [0.5, 0.6) is 0 Å². The fourth-order valence-corrected chi connectivity index (χ4v) is 2.59. The minimum atomic E-state index is -0.654. The van der Waals surface area contributed by atoms with Crippen LogP contribution >= 0.6 is 0 Å². The summed E-state index contributed by atoms with van der Waals surface area (Å²) in [7, 11) is 0. The molecule has 0 aliphatic heterocycles. The lowest BCUT2D eigenvalue weighted by atomic mass is 9.74. The van der Waals surface area contributed by atoms with Gasteiger partial charge in [0, 0.05) is 6.42 Å². The van der Waals surface area contributed by atoms with E-state index in [9.17, 15) is 13.6 Å². The summed E-state index contributed by atoms with van der Waals surface area (Å²) in [5.74, 6) is -1.44. The molecule has 0 bridgehead atoms. The second-order valence-electron chi connectivity index (χ2n) is 4.85. The molecular weight excluding hydrogens is 246 g/mol. The van der Waals surface area contributed by atoms with Crippen molar-refractivity contribution in [2.45, 2.75) is 18.8 Å². The summed E-state index contributed by atoms with van der Waals surface area (Å²) in [6.45, 7) is 0. The molecule has 1 unspecified atom stereocenters. The molecule has 0 radical (unpaired) electrons. The van der Waals surface area contributed by atoms with Crippen LogP contribution in [0.15, 0.2) is 42.5 Å². The van der Waals surface area contributed by atoms with E-state index in [-0.39, 0.29) is 23.7 Å². The van der Waals surface area contributed by atoms with Crippen LogP contribution in [0.4, 0.5) is 8.78 Å². The molecule has 1 aliphatic carbocycles. The van der Waals surface area contributed by atoms with E-state index >= 15 is 0 Å². The van der Waals surface area contributed by atoms with E-state index in [0.717, 1.165) is 30.2 Å². The normalized spacial score (nSPS) is 16.6. The number of carbonyl (C=O) groups excluding carboxylic acids is 1. The van der Waals surface area contributed by atoms with Gasteiger partial charge in [-0.05, 0) is 41.7 Å². The molecule has 1 aliphatic rings. The van der Waals surface area contributed by atoms with Gasteiger partial charge in [-0.15, -0.1) is 0 Å². The van der Waals surface area contributed by atoms with Crippen LogP contribution in [0.25, 0.3) is 0 Å². The third kappa shape index (κ3) is 2.16. The van der Waals surface area contributed by atoms with Crippen LogP contribution < -0.4 is 0 Å². The molecule has 0 spiro atoms. The van der Waals surface area contributed by atoms with Crippen LogP contribution in [0.3, 0.4) is 0 Å². The Hall–Kier alpha value is -2.03. The SMILES string of the molecule is O=C(CC1Cc2ccccc21)c1cc(F)ccc1F. The van der Waals surface area contributed by atoms with Gasteiger partial charge < -0.3 is 0 Å². The number of halogens is 2. The van der Waals surface area contributed by atoms with Gasteiger partial charge in [0.25, 0.3) is 0 Å². The van der Waals surface area contributed by atoms with Crippen molar-refractivity contribution < 1.29 is 13.6 Å². The van der Waals surface area contributed by atoms with Crippen LogP contribution in [-0.4, -0.2) is 5.78 Å². The zero-order chi connectivity index (χ0) is 13.4. The van der Waals surface area contributed by atoms with E-state index in [4.69, 9.17) is 0 Å². The first-order chi connectivity index (χ1) is 9.15. The van der Waals surface area contributed by atoms with Gasteiger partial charge in [-0.1, -0.05) is 24.3 Å². The summed E-state index contributed by atoms with van der Waals surface area (Å²) in [5, 5.41) is 0. The molecule has 1 atom stereocenters. The molecule has 1 nitrogen and oxygen atoms in total. The summed E-state index contributed by atoms with van der Waals surface area (Å²) in [6.07, 6.45) is 1.07. The van der Waals surface area contributed by atoms with Gasteiger partial charge in [-0.25, -0.2) is 8.78 Å². The highest BCUT2D eigenvalue weighted by Gasteiger charge is 2.28. The monoisotopic (exact) mass is 258 g/mol. The Balaban J connectivity index is 1.79. The van der Waals surface area contributed by atoms with Crippen LogP contribution in [0.1, 0.15) is 33.8 Å². The molecule has 0 N–H and O–H groups in total. The molecular formula is C16H12F2O. The van der Waals surface area contributed by atoms with E-state index in [1.165, 1.54) is 5.56 Å². The molecule has 2 aromatic rings. The lowest BCUT2D eigenvalue weighted by Gasteiger charge is -2.29. The Labute approximate surface area is 109 Å². The average molecular weight is 258 g/mol. The smallest absolute Gasteiger partial charge is 0.166 e. The van der Waals surface area contributed by atoms with Gasteiger partial charge in [-0.2, -0.15) is 0 Å². The van der Waals surface area contributed by atoms with Crippen molar-refractivity contribution in [2.75, 3.05) is 0 Å². The van der Waals surface area contributed by atoms with Crippen LogP contribution in [-0.2, 0) is 6.42 Å². The number of benzene rings is 2. The van der Waals surface area contributed by atoms with Crippen molar-refractivity contribution in [3.05, 3.63) is 70.8 Å². The Bertz CT molecular complexity index is 649. The highest BCUT2D eigenvalue weighted by molar-refractivity contribution is 5.97. The minimum Gasteiger partial charge on any atom is -0.294 e. The molecule has 3 heteroatoms. The fraction of sp³-hybridized carbons (Fsp3) is 0.188. The standard InChI is InChI=1S/C16H12F2O/c17-12-5-6-15(18)14(9-12)16(19)8-11-7-10-3-1-2-4-13(10)11/h1-6,9,11H,7-8H2. The summed E-state index contributed by atoms with van der Waals surface area (Å²) < 4.78 is 26.6. The Kier molecular flexibility index (Phi) is 2.90. The maximum Gasteiger partial charge on any atom is 0.166 e. The number of hydrogen-bond acceptors (Lipinski definition) is 1. The van der Waals surface area contributed by atoms with Crippen molar-refractivity contribution >= 4 is 5.78 Å². The summed E-state index contributed by atoms with van der Waals surface area (Å²) in [6, 6.07) is 10.9. The highest BCUT2D eigenvalue weighted by atomic mass is 19.1. The third-order valence-corrected chi connectivity index (χ3v) is 3.62. The van der Waals surface area contributed by atoms with Crippen molar-refractivity contribution in [3.63, 3.8) is 0 Å². The summed E-state index contributed by atoms with van der Waals surface area (Å²) >= 11 is 0. The van der Waals surface area contributed by atoms with E-state index in [2.05, 4.69) is 0 Å². The third-order valence-electron chi connectivity index (χ3n) is 3.62. The first kappa shape index (κ1) is 12.0. The number of Topliss-reactive ketones (excluding diaryl/α,β-unsaturated/α-hetero) is 1. The molecule has 2 aromatic carbocycles. The number of fused-ring (bicyclic) bond motifs is 1. The van der Waals surface area contributed by atoms with E-state index in [1.807, 2.05) is 24.3 Å². The molecule has 0 saturated heterocycles. The predicted octanol–water partition coefficient (Wildman–Crippen LogP) is 3.88. The molecule has 0 saturated carbocycles. The molecule has 19 heavy (non-hydrogen) atoms. The van der Waals surface area contributed by atoms with Crippen LogP contribution in [0.2, 0.25) is 0 Å². The number of hydrogen-bond donors (Lipinski definition) is 0. The minimum absolute atomic E-state index is 0.131. The number of carbonyl (C=O) groups is 1. The maximum absolute atomic E-state index is 13.5. The van der Waals surface area contributed by atoms with Gasteiger partial charge in [0.05, 0.1) is 5.56 Å². The van der Waals surface area contributed by atoms with E-state index in [0.29, 0.717) is 0 Å². The first-order valence-electron chi connectivity index (χ1n) is 6.21. The van der Waals surface area contributed by atoms with E-state index in [1.54, 1.807) is 0 Å². The van der Waals surface area contributed by atoms with E-state index < -0.39 is 11.6 Å². The number of rotatable bonds is 3. The Morgan fingerprint density at radius 3 is 2.74 bits per heavy atom. The highest BCUT2D eigenvalue weighted by Crippen LogP contribution is 2.38. The molecule has 0 aromatic heterocycles. The lowest BCUT2D eigenvalue weighted by molar-refractivity contribution is 0.0966. The van der Waals surface area contributed by atoms with Crippen molar-refractivity contribution in [1.29, 1.82) is 0 Å². The molecule has 0 heterocycles. The fourth-order valence-electron chi connectivity index (χ4n) is 2.59. The maximum atomic E-state index is 13.5. The van der Waals surface area contributed by atoms with Gasteiger partial charge in [0.2, 0.25) is 0 Å². The Morgan fingerprint density at radius 2 is 1.95 bits per heavy atom. The molecule has 96 valence electrons. The molecule has 0 amide bonds. The topological polar surface area (TPSA) is 17.1 Å². The van der Waals surface area contributed by atoms with Gasteiger partial charge in [-0.3, -0.25) is 4.79 Å². The van der Waals surface area contributed by atoms with Gasteiger partial charge >= 0.3 is 0 Å². The van der Waals surface area contributed by atoms with Crippen molar-refractivity contribution in [2.24, 2.45) is 0 Å². The quantitative estimate of drug-likeness (QED) is 0.764. The molecule has 0 fully saturated rings. The predicted molar refractivity (Wildman–Crippen MR) is 68.2 cm³/mol. The molecule has 3 rings (SSSR count). The second-order valence-corrected chi connectivity index (χ2v) is 4.85. The van der Waals surface area contributed by atoms with Crippen LogP contribution in [0, 0.1) is 11.6 Å².